The highest BCUT2D eigenvalue weighted by atomic mass is 35.5. The monoisotopic (exact) mass is 617 g/mol. The van der Waals surface area contributed by atoms with E-state index in [0.29, 0.717) is 28.0 Å². The van der Waals surface area contributed by atoms with Crippen LogP contribution in [0.15, 0.2) is 64.1 Å². The van der Waals surface area contributed by atoms with Gasteiger partial charge in [0.05, 0.1) is 22.6 Å². The fraction of sp³-hybridized carbons (Fsp3) is 0.364. The molecule has 1 aliphatic rings. The lowest BCUT2D eigenvalue weighted by molar-refractivity contribution is 0.405. The van der Waals surface area contributed by atoms with Crippen molar-refractivity contribution in [2.45, 2.75) is 76.4 Å². The number of rotatable bonds is 9. The molecule has 1 aliphatic heterocycles. The Kier molecular flexibility index (Phi) is 8.83. The van der Waals surface area contributed by atoms with Crippen molar-refractivity contribution in [2.24, 2.45) is 5.73 Å². The maximum absolute atomic E-state index is 15.1. The molecule has 11 heteroatoms. The lowest BCUT2D eigenvalue weighted by Gasteiger charge is -2.22. The SMILES string of the molecule is C[C@H](N)CCCc1cc(Cl)c(F)c(-c2cc3cn(-c4ccc([C@@H]5CCCC[C@@H](Cc6cnc(N)o6)N5)cc4)c(=O)nc3[nH]2)c1. The van der Waals surface area contributed by atoms with E-state index < -0.39 is 11.5 Å². The highest BCUT2D eigenvalue weighted by Gasteiger charge is 2.22. The number of aryl methyl sites for hydroxylation is 1. The van der Waals surface area contributed by atoms with Crippen molar-refractivity contribution in [1.29, 1.82) is 0 Å². The molecule has 0 spiro atoms. The molecule has 230 valence electrons. The number of aromatic amines is 1. The summed E-state index contributed by atoms with van der Waals surface area (Å²) in [5, 5.41) is 4.51. The van der Waals surface area contributed by atoms with Crippen LogP contribution in [0.25, 0.3) is 28.0 Å². The van der Waals surface area contributed by atoms with Gasteiger partial charge >= 0.3 is 5.69 Å². The molecule has 3 atom stereocenters. The number of benzene rings is 2. The summed E-state index contributed by atoms with van der Waals surface area (Å²) in [6.45, 7) is 1.97. The van der Waals surface area contributed by atoms with E-state index in [-0.39, 0.29) is 29.2 Å². The predicted molar refractivity (Wildman–Crippen MR) is 171 cm³/mol. The first kappa shape index (κ1) is 30.1. The molecule has 2 aromatic carbocycles. The van der Waals surface area contributed by atoms with E-state index in [4.69, 9.17) is 27.5 Å². The summed E-state index contributed by atoms with van der Waals surface area (Å²) < 4.78 is 22.1. The molecule has 0 saturated carbocycles. The van der Waals surface area contributed by atoms with Gasteiger partial charge in [-0.2, -0.15) is 4.98 Å². The van der Waals surface area contributed by atoms with Crippen molar-refractivity contribution in [3.05, 3.63) is 93.1 Å². The van der Waals surface area contributed by atoms with Gasteiger partial charge in [-0.05, 0) is 80.5 Å². The summed E-state index contributed by atoms with van der Waals surface area (Å²) in [4.78, 5) is 24.5. The summed E-state index contributed by atoms with van der Waals surface area (Å²) in [7, 11) is 0. The van der Waals surface area contributed by atoms with E-state index in [0.717, 1.165) is 68.3 Å². The second-order valence-corrected chi connectivity index (χ2v) is 12.3. The Hall–Kier alpha value is -3.99. The van der Waals surface area contributed by atoms with Gasteiger partial charge in [0.25, 0.3) is 6.01 Å². The van der Waals surface area contributed by atoms with E-state index >= 15 is 4.39 Å². The molecule has 0 radical (unpaired) electrons. The minimum absolute atomic E-state index is 0.0572. The zero-order chi connectivity index (χ0) is 30.8. The third kappa shape index (κ3) is 6.72. The van der Waals surface area contributed by atoms with Gasteiger partial charge in [-0.3, -0.25) is 4.57 Å². The fourth-order valence-corrected chi connectivity index (χ4v) is 6.32. The molecule has 9 nitrogen and oxygen atoms in total. The standard InChI is InChI=1S/C33H37ClFN7O2/c1-19(36)5-4-6-20-13-26(30(35)27(34)14-20)29-15-22-18-42(33(43)41-31(22)40-29)24-11-9-21(10-12-24)28-8-3-2-7-23(39-28)16-25-17-38-32(37)44-25/h9-15,17-19,23,28,39H,2-8,16,36H2,1H3,(H2,37,38)(H,40,41,43)/t19-,23-,28-/m0/s1. The molecule has 1 saturated heterocycles. The largest absolute Gasteiger partial charge is 0.429 e. The highest BCUT2D eigenvalue weighted by Crippen LogP contribution is 2.32. The molecule has 6 N–H and O–H groups in total. The zero-order valence-electron chi connectivity index (χ0n) is 24.7. The lowest BCUT2D eigenvalue weighted by Crippen LogP contribution is -2.33. The van der Waals surface area contributed by atoms with Crippen LogP contribution in [0.2, 0.25) is 5.02 Å². The minimum Gasteiger partial charge on any atom is -0.429 e. The van der Waals surface area contributed by atoms with Crippen LogP contribution >= 0.6 is 11.6 Å². The number of oxazole rings is 1. The van der Waals surface area contributed by atoms with Crippen molar-refractivity contribution >= 4 is 28.6 Å². The van der Waals surface area contributed by atoms with E-state index in [9.17, 15) is 4.79 Å². The number of halogens is 2. The van der Waals surface area contributed by atoms with Crippen molar-refractivity contribution in [2.75, 3.05) is 5.73 Å². The number of nitrogens with zero attached hydrogens (tertiary/aromatic N) is 3. The summed E-state index contributed by atoms with van der Waals surface area (Å²) >= 11 is 6.26. The van der Waals surface area contributed by atoms with Crippen LogP contribution in [-0.4, -0.2) is 31.6 Å². The van der Waals surface area contributed by atoms with E-state index in [2.05, 4.69) is 32.4 Å². The van der Waals surface area contributed by atoms with Crippen LogP contribution in [-0.2, 0) is 12.8 Å². The first-order valence-electron chi connectivity index (χ1n) is 15.2. The molecule has 0 amide bonds. The normalized spacial score (nSPS) is 18.0. The van der Waals surface area contributed by atoms with Crippen molar-refractivity contribution < 1.29 is 8.81 Å². The maximum atomic E-state index is 15.1. The van der Waals surface area contributed by atoms with Gasteiger partial charge in [0, 0.05) is 41.7 Å². The third-order valence-corrected chi connectivity index (χ3v) is 8.61. The van der Waals surface area contributed by atoms with E-state index in [1.165, 1.54) is 4.57 Å². The number of nitrogens with one attached hydrogen (secondary N) is 2. The van der Waals surface area contributed by atoms with Gasteiger partial charge in [0.1, 0.15) is 11.4 Å². The summed E-state index contributed by atoms with van der Waals surface area (Å²) in [5.41, 5.74) is 15.1. The van der Waals surface area contributed by atoms with Crippen LogP contribution in [0.3, 0.4) is 0 Å². The topological polar surface area (TPSA) is 141 Å². The second-order valence-electron chi connectivity index (χ2n) is 11.9. The van der Waals surface area contributed by atoms with Crippen LogP contribution in [0, 0.1) is 5.82 Å². The Bertz CT molecular complexity index is 1810. The molecule has 1 fully saturated rings. The molecular weight excluding hydrogens is 581 g/mol. The first-order valence-corrected chi connectivity index (χ1v) is 15.5. The molecule has 44 heavy (non-hydrogen) atoms. The quantitative estimate of drug-likeness (QED) is 0.154. The Labute approximate surface area is 259 Å². The van der Waals surface area contributed by atoms with Gasteiger partial charge in [-0.15, -0.1) is 0 Å². The van der Waals surface area contributed by atoms with Gasteiger partial charge in [0.2, 0.25) is 0 Å². The molecule has 4 heterocycles. The summed E-state index contributed by atoms with van der Waals surface area (Å²) in [6.07, 6.45) is 10.9. The van der Waals surface area contributed by atoms with Crippen LogP contribution in [0.5, 0.6) is 0 Å². The first-order chi connectivity index (χ1) is 21.2. The molecule has 5 aromatic rings. The molecule has 3 aromatic heterocycles. The van der Waals surface area contributed by atoms with E-state index in [1.54, 1.807) is 30.6 Å². The molecule has 6 rings (SSSR count). The lowest BCUT2D eigenvalue weighted by atomic mass is 10.0. The number of aromatic nitrogens is 4. The smallest absolute Gasteiger partial charge is 0.354 e. The third-order valence-electron chi connectivity index (χ3n) is 8.34. The second kappa shape index (κ2) is 12.9. The van der Waals surface area contributed by atoms with Crippen molar-refractivity contribution in [3.63, 3.8) is 0 Å². The van der Waals surface area contributed by atoms with Gasteiger partial charge in [0.15, 0.2) is 5.82 Å². The Morgan fingerprint density at radius 2 is 1.98 bits per heavy atom. The predicted octanol–water partition coefficient (Wildman–Crippen LogP) is 6.23. The number of hydrogen-bond donors (Lipinski definition) is 4. The average molecular weight is 618 g/mol. The summed E-state index contributed by atoms with van der Waals surface area (Å²) in [5.74, 6) is 0.265. The van der Waals surface area contributed by atoms with Gasteiger partial charge < -0.3 is 26.2 Å². The fourth-order valence-electron chi connectivity index (χ4n) is 6.08. The number of anilines is 1. The minimum atomic E-state index is -0.515. The highest BCUT2D eigenvalue weighted by molar-refractivity contribution is 6.31. The molecular formula is C33H37ClFN7O2. The van der Waals surface area contributed by atoms with Crippen molar-refractivity contribution in [1.82, 2.24) is 24.8 Å². The van der Waals surface area contributed by atoms with Crippen LogP contribution in [0.4, 0.5) is 10.4 Å². The van der Waals surface area contributed by atoms with E-state index in [1.807, 2.05) is 19.1 Å². The Morgan fingerprint density at radius 1 is 1.18 bits per heavy atom. The molecule has 0 aliphatic carbocycles. The summed E-state index contributed by atoms with van der Waals surface area (Å²) in [6, 6.07) is 13.9. The van der Waals surface area contributed by atoms with Gasteiger partial charge in [-0.25, -0.2) is 14.2 Å². The maximum Gasteiger partial charge on any atom is 0.354 e. The number of nitrogen functional groups attached to an aromatic ring is 1. The van der Waals surface area contributed by atoms with Crippen molar-refractivity contribution in [3.8, 4) is 16.9 Å². The zero-order valence-corrected chi connectivity index (χ0v) is 25.4. The molecule has 0 unspecified atom stereocenters. The Balaban J connectivity index is 1.22. The number of H-pyrrole nitrogens is 1. The van der Waals surface area contributed by atoms with Gasteiger partial charge in [-0.1, -0.05) is 36.6 Å². The average Bonchev–Trinajstić information content (AvgIpc) is 3.52. The van der Waals surface area contributed by atoms with Crippen LogP contribution < -0.4 is 22.5 Å². The number of hydrogen-bond acceptors (Lipinski definition) is 7. The Morgan fingerprint density at radius 3 is 2.73 bits per heavy atom. The molecule has 0 bridgehead atoms. The van der Waals surface area contributed by atoms with Crippen LogP contribution in [0.1, 0.15) is 68.4 Å². The number of nitrogens with two attached hydrogens (primary N) is 2. The number of fused-ring (bicyclic) bond motifs is 1.